The molecule has 0 rings (SSSR count). The van der Waals surface area contributed by atoms with Gasteiger partial charge in [0.15, 0.2) is 0 Å². The average Bonchev–Trinajstić information content (AvgIpc) is 2.30. The lowest BCUT2D eigenvalue weighted by Crippen LogP contribution is -2.46. The normalized spacial score (nSPS) is 15.0. The lowest BCUT2D eigenvalue weighted by atomic mass is 10.6. The number of hydrogen-bond acceptors (Lipinski definition) is 6. The highest BCUT2D eigenvalue weighted by atomic mass is 33.7. The monoisotopic (exact) mass is 336 g/mol. The average molecular weight is 337 g/mol. The van der Waals surface area contributed by atoms with Gasteiger partial charge in [0, 0.05) is 25.9 Å². The summed E-state index contributed by atoms with van der Waals surface area (Å²) in [6.07, 6.45) is 1.02. The van der Waals surface area contributed by atoms with Crippen molar-refractivity contribution in [2.75, 3.05) is 25.6 Å². The molecule has 0 aromatic carbocycles. The molecule has 0 aliphatic rings. The first-order chi connectivity index (χ1) is 8.14. The van der Waals surface area contributed by atoms with Gasteiger partial charge in [-0.05, 0) is 42.8 Å². The van der Waals surface area contributed by atoms with Crippen molar-refractivity contribution in [3.8, 4) is 0 Å². The van der Waals surface area contributed by atoms with Crippen molar-refractivity contribution >= 4 is 50.9 Å². The third-order valence-electron chi connectivity index (χ3n) is 2.02. The number of rotatable bonds is 11. The van der Waals surface area contributed by atoms with E-state index in [1.54, 1.807) is 0 Å². The zero-order valence-electron chi connectivity index (χ0n) is 10.7. The summed E-state index contributed by atoms with van der Waals surface area (Å²) in [6, 6.07) is 0.871. The van der Waals surface area contributed by atoms with Crippen LogP contribution >= 0.6 is 42.1 Å². The molecular weight excluding hydrogens is 312 g/mol. The Morgan fingerprint density at radius 2 is 1.53 bits per heavy atom. The Kier molecular flexibility index (Phi) is 12.3. The van der Waals surface area contributed by atoms with Gasteiger partial charge in [0.2, 0.25) is 0 Å². The molecule has 0 aromatic heterocycles. The first-order valence-corrected chi connectivity index (χ1v) is 12.9. The summed E-state index contributed by atoms with van der Waals surface area (Å²) in [5.41, 5.74) is 0. The Morgan fingerprint density at radius 3 is 1.88 bits per heavy atom. The van der Waals surface area contributed by atoms with Gasteiger partial charge in [-0.15, -0.1) is 32.3 Å². The highest BCUT2D eigenvalue weighted by Gasteiger charge is 2.39. The van der Waals surface area contributed by atoms with E-state index >= 15 is 0 Å². The van der Waals surface area contributed by atoms with E-state index in [0.717, 1.165) is 18.2 Å². The van der Waals surface area contributed by atoms with Crippen LogP contribution in [0.2, 0.25) is 6.04 Å². The lowest BCUT2D eigenvalue weighted by molar-refractivity contribution is 0.0712. The smallest absolute Gasteiger partial charge is 0.374 e. The Hall–Kier alpha value is 1.50. The molecule has 17 heavy (non-hydrogen) atoms. The summed E-state index contributed by atoms with van der Waals surface area (Å²) < 4.78 is 17.3. The second kappa shape index (κ2) is 11.3. The van der Waals surface area contributed by atoms with Crippen LogP contribution in [0.4, 0.5) is 0 Å². The predicted molar refractivity (Wildman–Crippen MR) is 89.5 cm³/mol. The van der Waals surface area contributed by atoms with Gasteiger partial charge in [-0.2, -0.15) is 0 Å². The van der Waals surface area contributed by atoms with Crippen molar-refractivity contribution in [1.29, 1.82) is 0 Å². The van der Waals surface area contributed by atoms with Gasteiger partial charge in [-0.3, -0.25) is 0 Å². The van der Waals surface area contributed by atoms with E-state index in [1.807, 2.05) is 20.8 Å². The Bertz CT molecular complexity index is 171. The van der Waals surface area contributed by atoms with Crippen molar-refractivity contribution in [2.45, 2.75) is 33.2 Å². The molecule has 1 atom stereocenters. The molecule has 0 saturated heterocycles. The van der Waals surface area contributed by atoms with E-state index in [1.165, 1.54) is 9.83 Å². The van der Waals surface area contributed by atoms with Crippen molar-refractivity contribution in [2.24, 2.45) is 0 Å². The molecule has 8 heteroatoms. The van der Waals surface area contributed by atoms with Crippen molar-refractivity contribution in [3.63, 3.8) is 0 Å². The van der Waals surface area contributed by atoms with Crippen LogP contribution in [-0.4, -0.2) is 34.4 Å². The second-order valence-corrected chi connectivity index (χ2v) is 12.8. The Labute approximate surface area is 122 Å². The molecule has 0 heterocycles. The topological polar surface area (TPSA) is 27.7 Å². The minimum atomic E-state index is -2.43. The van der Waals surface area contributed by atoms with E-state index < -0.39 is 8.80 Å². The van der Waals surface area contributed by atoms with Gasteiger partial charge >= 0.3 is 8.80 Å². The maximum absolute atomic E-state index is 5.78. The van der Waals surface area contributed by atoms with Gasteiger partial charge in [-0.25, -0.2) is 0 Å². The molecule has 0 aliphatic carbocycles. The first kappa shape index (κ1) is 18.5. The van der Waals surface area contributed by atoms with E-state index in [2.05, 4.69) is 23.3 Å². The molecule has 0 saturated carbocycles. The molecule has 0 bridgehead atoms. The summed E-state index contributed by atoms with van der Waals surface area (Å²) in [4.78, 5) is 0. The fourth-order valence-electron chi connectivity index (χ4n) is 1.47. The van der Waals surface area contributed by atoms with Crippen LogP contribution in [0.5, 0.6) is 0 Å². The van der Waals surface area contributed by atoms with Crippen LogP contribution < -0.4 is 0 Å². The third-order valence-corrected chi connectivity index (χ3v) is 11.4. The van der Waals surface area contributed by atoms with Crippen LogP contribution in [0.1, 0.15) is 27.2 Å². The molecule has 0 fully saturated rings. The maximum Gasteiger partial charge on any atom is 0.500 e. The lowest BCUT2D eigenvalue weighted by Gasteiger charge is -2.28. The molecule has 106 valence electrons. The van der Waals surface area contributed by atoms with Crippen LogP contribution in [0.25, 0.3) is 0 Å². The Morgan fingerprint density at radius 1 is 1.06 bits per heavy atom. The van der Waals surface area contributed by atoms with Crippen LogP contribution in [0.3, 0.4) is 0 Å². The minimum absolute atomic E-state index is 0.328. The van der Waals surface area contributed by atoms with E-state index in [9.17, 15) is 0 Å². The summed E-state index contributed by atoms with van der Waals surface area (Å²) in [5.74, 6) is 1.05. The fourth-order valence-corrected chi connectivity index (χ4v) is 6.68. The SMILES string of the molecule is CCO[Si](CCC[SH](S)SS)(OCC)OCC. The molecule has 0 N–H and O–H groups in total. The van der Waals surface area contributed by atoms with Crippen LogP contribution in [0.15, 0.2) is 0 Å². The number of hydrogen-bond donors (Lipinski definition) is 3. The molecule has 0 aromatic rings. The van der Waals surface area contributed by atoms with E-state index in [-0.39, 0.29) is 8.96 Å². The highest BCUT2D eigenvalue weighted by molar-refractivity contribution is 9.27. The van der Waals surface area contributed by atoms with Crippen molar-refractivity contribution in [3.05, 3.63) is 0 Å². The van der Waals surface area contributed by atoms with Crippen molar-refractivity contribution in [1.82, 2.24) is 0 Å². The minimum Gasteiger partial charge on any atom is -0.374 e. The van der Waals surface area contributed by atoms with E-state index in [0.29, 0.717) is 19.8 Å². The van der Waals surface area contributed by atoms with Gasteiger partial charge < -0.3 is 13.3 Å². The maximum atomic E-state index is 5.78. The highest BCUT2D eigenvalue weighted by Crippen LogP contribution is 2.47. The standard InChI is InChI=1S/C9H24O3S4Si/c1-4-10-17(11-5-2,12-6-3)9-7-8-16(14)15-13/h13-14,16H,4-9H2,1-3H3. The molecule has 3 nitrogen and oxygen atoms in total. The molecule has 0 amide bonds. The van der Waals surface area contributed by atoms with Crippen LogP contribution in [0, 0.1) is 0 Å². The summed E-state index contributed by atoms with van der Waals surface area (Å²) in [5, 5.41) is 0. The molecule has 0 radical (unpaired) electrons. The zero-order valence-corrected chi connectivity index (χ0v) is 15.2. The second-order valence-electron chi connectivity index (χ2n) is 3.24. The largest absolute Gasteiger partial charge is 0.500 e. The molecular formula is C9H24O3S4Si. The quantitative estimate of drug-likeness (QED) is 0.304. The Balaban J connectivity index is 4.23. The summed E-state index contributed by atoms with van der Waals surface area (Å²) in [7, 11) is -1.23. The van der Waals surface area contributed by atoms with Gasteiger partial charge in [0.1, 0.15) is 0 Å². The van der Waals surface area contributed by atoms with Gasteiger partial charge in [0.05, 0.1) is 0 Å². The summed E-state index contributed by atoms with van der Waals surface area (Å²) >= 11 is 8.63. The predicted octanol–water partition coefficient (Wildman–Crippen LogP) is 3.76. The first-order valence-electron chi connectivity index (χ1n) is 5.83. The molecule has 0 spiro atoms. The van der Waals surface area contributed by atoms with Gasteiger partial charge in [-0.1, -0.05) is 0 Å². The van der Waals surface area contributed by atoms with E-state index in [4.69, 9.17) is 13.3 Å². The van der Waals surface area contributed by atoms with Crippen LogP contribution in [-0.2, 0) is 13.3 Å². The zero-order chi connectivity index (χ0) is 13.1. The summed E-state index contributed by atoms with van der Waals surface area (Å²) in [6.45, 7) is 7.87. The number of thiol groups is 3. The molecule has 0 aliphatic heterocycles. The molecule has 1 unspecified atom stereocenters. The van der Waals surface area contributed by atoms with Gasteiger partial charge in [0.25, 0.3) is 0 Å². The third kappa shape index (κ3) is 8.30. The fraction of sp³-hybridized carbons (Fsp3) is 1.00. The van der Waals surface area contributed by atoms with Crippen molar-refractivity contribution < 1.29 is 13.3 Å².